The lowest BCUT2D eigenvalue weighted by Crippen LogP contribution is -2.37. The number of aliphatic imine (C=N–C) groups is 1. The van der Waals surface area contributed by atoms with Gasteiger partial charge in [0.2, 0.25) is 0 Å². The lowest BCUT2D eigenvalue weighted by Gasteiger charge is -2.28. The molecule has 3 aromatic heterocycles. The molecule has 12 nitrogen and oxygen atoms in total. The first-order valence-electron chi connectivity index (χ1n) is 13.8. The van der Waals surface area contributed by atoms with Gasteiger partial charge in [-0.1, -0.05) is 6.07 Å². The van der Waals surface area contributed by atoms with Crippen LogP contribution in [0.15, 0.2) is 52.1 Å². The van der Waals surface area contributed by atoms with Crippen LogP contribution < -0.4 is 16.3 Å². The third kappa shape index (κ3) is 6.27. The van der Waals surface area contributed by atoms with Crippen LogP contribution in [-0.2, 0) is 27.9 Å². The Morgan fingerprint density at radius 1 is 1.12 bits per heavy atom. The topological polar surface area (TPSA) is 147 Å². The van der Waals surface area contributed by atoms with Gasteiger partial charge in [-0.3, -0.25) is 33.8 Å². The largest absolute Gasteiger partial charge is 0.459 e. The Kier molecular flexibility index (Phi) is 8.70. The van der Waals surface area contributed by atoms with E-state index in [-0.39, 0.29) is 18.8 Å². The molecule has 226 valence electrons. The van der Waals surface area contributed by atoms with Crippen molar-refractivity contribution in [2.75, 3.05) is 18.5 Å². The number of anilines is 1. The van der Waals surface area contributed by atoms with Gasteiger partial charge in [0.25, 0.3) is 0 Å². The second kappa shape index (κ2) is 12.1. The molecule has 4 aromatic rings. The van der Waals surface area contributed by atoms with Gasteiger partial charge in [0.15, 0.2) is 0 Å². The van der Waals surface area contributed by atoms with E-state index >= 15 is 0 Å². The van der Waals surface area contributed by atoms with Crippen molar-refractivity contribution in [2.45, 2.75) is 53.8 Å². The summed E-state index contributed by atoms with van der Waals surface area (Å²) in [5.74, 6) is -0.466. The number of allylic oxidation sites excluding steroid dienone is 2. The number of fused-ring (bicyclic) bond motifs is 3. The first-order valence-corrected chi connectivity index (χ1v) is 13.8. The highest BCUT2D eigenvalue weighted by Crippen LogP contribution is 2.32. The summed E-state index contributed by atoms with van der Waals surface area (Å²) in [6, 6.07) is 7.48. The molecule has 0 unspecified atom stereocenters. The molecule has 0 radical (unpaired) electrons. The average Bonchev–Trinajstić information content (AvgIpc) is 3.19. The minimum atomic E-state index is -0.717. The quantitative estimate of drug-likeness (QED) is 0.243. The maximum atomic E-state index is 13.4. The van der Waals surface area contributed by atoms with E-state index < -0.39 is 17.7 Å². The van der Waals surface area contributed by atoms with E-state index in [1.807, 2.05) is 31.2 Å². The Balaban J connectivity index is 1.97. The molecule has 0 atom stereocenters. The Morgan fingerprint density at radius 2 is 1.84 bits per heavy atom. The summed E-state index contributed by atoms with van der Waals surface area (Å²) in [6.45, 7) is 10.4. The van der Waals surface area contributed by atoms with Gasteiger partial charge < -0.3 is 15.2 Å². The van der Waals surface area contributed by atoms with Gasteiger partial charge in [0.05, 0.1) is 34.1 Å². The number of carbonyl (C=O) groups excluding carboxylic acids is 2. The second-order valence-electron chi connectivity index (χ2n) is 11.1. The van der Waals surface area contributed by atoms with Gasteiger partial charge in [-0.05, 0) is 58.4 Å². The van der Waals surface area contributed by atoms with Crippen molar-refractivity contribution in [1.29, 1.82) is 0 Å². The maximum absolute atomic E-state index is 13.4. The predicted molar refractivity (Wildman–Crippen MR) is 168 cm³/mol. The summed E-state index contributed by atoms with van der Waals surface area (Å²) in [6.07, 6.45) is 4.31. The molecule has 0 spiro atoms. The third-order valence-electron chi connectivity index (χ3n) is 6.69. The number of amides is 1. The minimum Gasteiger partial charge on any atom is -0.459 e. The zero-order chi connectivity index (χ0) is 31.6. The number of carbonyl (C=O) groups is 2. The van der Waals surface area contributed by atoms with Crippen LogP contribution in [0, 0.1) is 0 Å². The highest BCUT2D eigenvalue weighted by atomic mass is 16.6. The van der Waals surface area contributed by atoms with E-state index in [1.165, 1.54) is 16.4 Å². The number of rotatable bonds is 7. The van der Waals surface area contributed by atoms with Crippen LogP contribution in [0.1, 0.15) is 47.2 Å². The number of benzene rings is 1. The molecule has 0 fully saturated rings. The Morgan fingerprint density at radius 3 is 2.44 bits per heavy atom. The molecular formula is C31H37N7O5. The smallest absolute Gasteiger partial charge is 0.414 e. The molecule has 1 amide bonds. The molecule has 0 aliphatic carbocycles. The number of pyridine rings is 2. The summed E-state index contributed by atoms with van der Waals surface area (Å²) >= 11 is 0. The van der Waals surface area contributed by atoms with Crippen LogP contribution in [0.2, 0.25) is 0 Å². The number of esters is 1. The summed E-state index contributed by atoms with van der Waals surface area (Å²) in [7, 11) is 3.29. The molecular weight excluding hydrogens is 550 g/mol. The highest BCUT2D eigenvalue weighted by molar-refractivity contribution is 6.11. The molecule has 43 heavy (non-hydrogen) atoms. The van der Waals surface area contributed by atoms with Crippen molar-refractivity contribution in [3.05, 3.63) is 58.5 Å². The van der Waals surface area contributed by atoms with E-state index in [0.29, 0.717) is 50.3 Å². The number of aryl methyl sites for hydroxylation is 1. The van der Waals surface area contributed by atoms with E-state index in [9.17, 15) is 14.4 Å². The van der Waals surface area contributed by atoms with E-state index in [4.69, 9.17) is 15.2 Å². The van der Waals surface area contributed by atoms with Crippen LogP contribution in [0.3, 0.4) is 0 Å². The van der Waals surface area contributed by atoms with Crippen molar-refractivity contribution in [3.63, 3.8) is 0 Å². The molecule has 0 aliphatic heterocycles. The minimum absolute atomic E-state index is 0.116. The van der Waals surface area contributed by atoms with Gasteiger partial charge in [-0.15, -0.1) is 0 Å². The van der Waals surface area contributed by atoms with Crippen LogP contribution in [0.5, 0.6) is 0 Å². The number of ether oxygens (including phenoxy) is 2. The third-order valence-corrected chi connectivity index (χ3v) is 6.69. The fraction of sp³-hybridized carbons (Fsp3) is 0.355. The van der Waals surface area contributed by atoms with Gasteiger partial charge >= 0.3 is 17.8 Å². The average molecular weight is 588 g/mol. The Hall–Kier alpha value is -5.00. The predicted octanol–water partition coefficient (Wildman–Crippen LogP) is 4.62. The van der Waals surface area contributed by atoms with Gasteiger partial charge in [0, 0.05) is 56.6 Å². The number of nitrogens with two attached hydrogens (primary N) is 1. The van der Waals surface area contributed by atoms with Crippen molar-refractivity contribution in [3.8, 4) is 11.1 Å². The summed E-state index contributed by atoms with van der Waals surface area (Å²) in [5, 5.41) is 0.709. The normalized spacial score (nSPS) is 12.6. The van der Waals surface area contributed by atoms with Crippen LogP contribution in [0.4, 0.5) is 10.5 Å². The van der Waals surface area contributed by atoms with E-state index in [2.05, 4.69) is 15.0 Å². The van der Waals surface area contributed by atoms with Crippen LogP contribution in [-0.4, -0.2) is 56.6 Å². The Bertz CT molecular complexity index is 1840. The first kappa shape index (κ1) is 30.9. The molecule has 2 N–H and O–H groups in total. The molecule has 3 heterocycles. The van der Waals surface area contributed by atoms with Gasteiger partial charge in [-0.2, -0.15) is 0 Å². The van der Waals surface area contributed by atoms with Crippen molar-refractivity contribution in [2.24, 2.45) is 17.8 Å². The van der Waals surface area contributed by atoms with Crippen LogP contribution in [0.25, 0.3) is 38.8 Å². The fourth-order valence-corrected chi connectivity index (χ4v) is 4.73. The first-order chi connectivity index (χ1) is 20.3. The van der Waals surface area contributed by atoms with Crippen LogP contribution >= 0.6 is 0 Å². The number of nitrogens with zero attached hydrogens (tertiary/aromatic N) is 6. The summed E-state index contributed by atoms with van der Waals surface area (Å²) in [4.78, 5) is 53.0. The van der Waals surface area contributed by atoms with Crippen molar-refractivity contribution in [1.82, 2.24) is 19.1 Å². The van der Waals surface area contributed by atoms with Gasteiger partial charge in [0.1, 0.15) is 17.9 Å². The van der Waals surface area contributed by atoms with E-state index in [0.717, 1.165) is 5.56 Å². The van der Waals surface area contributed by atoms with E-state index in [1.54, 1.807) is 65.0 Å². The molecule has 0 aliphatic rings. The standard InChI is InChI=1S/C31H37N7O5/c1-9-37(30(41)43-31(4,5)6)25-13-21(14-34-24(25)17-42-19(3)39)20-10-11-23-22(12-20)28-27(16-35-23)36(8)29(40)38(28)26(15-33-7)18(2)32/h10-16H,9,17,32H2,1-8H3. The van der Waals surface area contributed by atoms with Crippen molar-refractivity contribution >= 4 is 51.6 Å². The van der Waals surface area contributed by atoms with Crippen molar-refractivity contribution < 1.29 is 19.1 Å². The monoisotopic (exact) mass is 587 g/mol. The molecule has 0 saturated heterocycles. The molecule has 0 saturated carbocycles. The molecule has 4 rings (SSSR count). The zero-order valence-electron chi connectivity index (χ0n) is 25.8. The Labute approximate surface area is 249 Å². The number of imidazole rings is 1. The number of hydrogen-bond donors (Lipinski definition) is 1. The molecule has 1 aromatic carbocycles. The second-order valence-corrected chi connectivity index (χ2v) is 11.1. The zero-order valence-corrected chi connectivity index (χ0v) is 25.8. The summed E-state index contributed by atoms with van der Waals surface area (Å²) in [5.41, 5.74) is 10.3. The lowest BCUT2D eigenvalue weighted by atomic mass is 10.0. The SMILES string of the molecule is CCN(C(=O)OC(C)(C)C)c1cc(-c2ccc3ncc4c(c3c2)n(C(C=NC)=C(C)N)c(=O)n4C)cnc1COC(C)=O. The van der Waals surface area contributed by atoms with Gasteiger partial charge in [-0.25, -0.2) is 9.59 Å². The number of hydrogen-bond acceptors (Lipinski definition) is 9. The highest BCUT2D eigenvalue weighted by Gasteiger charge is 2.26. The molecule has 12 heteroatoms. The molecule has 0 bridgehead atoms. The lowest BCUT2D eigenvalue weighted by molar-refractivity contribution is -0.142. The summed E-state index contributed by atoms with van der Waals surface area (Å²) < 4.78 is 13.9. The fourth-order valence-electron chi connectivity index (χ4n) is 4.73. The number of aromatic nitrogens is 4. The maximum Gasteiger partial charge on any atom is 0.414 e.